The molecule has 1 unspecified atom stereocenters. The first-order valence-electron chi connectivity index (χ1n) is 8.54. The smallest absolute Gasteiger partial charge is 0.241 e. The quantitative estimate of drug-likeness (QED) is 0.893. The molecule has 0 spiro atoms. The van der Waals surface area contributed by atoms with Crippen LogP contribution in [0.4, 0.5) is 0 Å². The third-order valence-corrected chi connectivity index (χ3v) is 5.83. The molecule has 1 N–H and O–H groups in total. The highest BCUT2D eigenvalue weighted by molar-refractivity contribution is 7.10. The van der Waals surface area contributed by atoms with E-state index in [0.29, 0.717) is 12.6 Å². The molecule has 126 valence electrons. The predicted molar refractivity (Wildman–Crippen MR) is 91.5 cm³/mol. The van der Waals surface area contributed by atoms with Gasteiger partial charge in [-0.05, 0) is 42.7 Å². The summed E-state index contributed by atoms with van der Waals surface area (Å²) in [5.74, 6) is -0.00340. The lowest BCUT2D eigenvalue weighted by Crippen LogP contribution is -2.45. The normalized spacial score (nSPS) is 21.3. The summed E-state index contributed by atoms with van der Waals surface area (Å²) in [5, 5.41) is 4.94. The van der Waals surface area contributed by atoms with E-state index in [4.69, 9.17) is 0 Å². The standard InChI is InChI=1S/C17H25N3O2S/c1-2-14-13-6-10-23-15(13)5-9-20(14)12-16(21)18-11-17(22)19-7-3-4-8-19/h6,10,14H,2-5,7-9,11-12H2,1H3,(H,18,21). The van der Waals surface area contributed by atoms with E-state index in [-0.39, 0.29) is 18.4 Å². The second kappa shape index (κ2) is 7.45. The van der Waals surface area contributed by atoms with Gasteiger partial charge in [0, 0.05) is 30.6 Å². The molecule has 0 aromatic carbocycles. The fraction of sp³-hybridized carbons (Fsp3) is 0.647. The molecule has 2 aliphatic rings. The van der Waals surface area contributed by atoms with Crippen LogP contribution in [0.25, 0.3) is 0 Å². The highest BCUT2D eigenvalue weighted by atomic mass is 32.1. The average Bonchev–Trinajstić information content (AvgIpc) is 3.23. The van der Waals surface area contributed by atoms with E-state index in [1.54, 1.807) is 0 Å². The second-order valence-electron chi connectivity index (χ2n) is 6.31. The van der Waals surface area contributed by atoms with E-state index in [1.807, 2.05) is 16.2 Å². The summed E-state index contributed by atoms with van der Waals surface area (Å²) in [6.45, 7) is 5.26. The van der Waals surface area contributed by atoms with E-state index in [9.17, 15) is 9.59 Å². The summed E-state index contributed by atoms with van der Waals surface area (Å²) in [6.07, 6.45) is 4.18. The Morgan fingerprint density at radius 1 is 1.30 bits per heavy atom. The predicted octanol–water partition coefficient (Wildman–Crippen LogP) is 1.80. The van der Waals surface area contributed by atoms with Gasteiger partial charge in [0.15, 0.2) is 0 Å². The summed E-state index contributed by atoms with van der Waals surface area (Å²) < 4.78 is 0. The van der Waals surface area contributed by atoms with Crippen molar-refractivity contribution in [3.8, 4) is 0 Å². The third-order valence-electron chi connectivity index (χ3n) is 4.83. The number of hydrogen-bond acceptors (Lipinski definition) is 4. The van der Waals surface area contributed by atoms with Crippen LogP contribution in [0.5, 0.6) is 0 Å². The monoisotopic (exact) mass is 335 g/mol. The van der Waals surface area contributed by atoms with Crippen molar-refractivity contribution in [1.82, 2.24) is 15.1 Å². The molecule has 6 heteroatoms. The maximum atomic E-state index is 12.2. The molecule has 1 aromatic heterocycles. The Labute approximate surface area is 141 Å². The zero-order valence-corrected chi connectivity index (χ0v) is 14.5. The molecule has 1 atom stereocenters. The van der Waals surface area contributed by atoms with Gasteiger partial charge in [-0.1, -0.05) is 6.92 Å². The number of nitrogens with one attached hydrogen (secondary N) is 1. The van der Waals surface area contributed by atoms with Gasteiger partial charge < -0.3 is 10.2 Å². The lowest BCUT2D eigenvalue weighted by atomic mass is 9.98. The van der Waals surface area contributed by atoms with E-state index < -0.39 is 0 Å². The molecule has 2 aliphatic heterocycles. The van der Waals surface area contributed by atoms with Crippen LogP contribution < -0.4 is 5.32 Å². The first-order chi connectivity index (χ1) is 11.2. The van der Waals surface area contributed by atoms with Crippen LogP contribution in [0.1, 0.15) is 42.7 Å². The average molecular weight is 335 g/mol. The van der Waals surface area contributed by atoms with Gasteiger partial charge in [-0.15, -0.1) is 11.3 Å². The van der Waals surface area contributed by atoms with Crippen LogP contribution in [0.3, 0.4) is 0 Å². The second-order valence-corrected chi connectivity index (χ2v) is 7.31. The number of rotatable bonds is 5. The number of carbonyl (C=O) groups is 2. The zero-order chi connectivity index (χ0) is 16.2. The lowest BCUT2D eigenvalue weighted by molar-refractivity contribution is -0.132. The van der Waals surface area contributed by atoms with Crippen molar-refractivity contribution in [3.63, 3.8) is 0 Å². The number of hydrogen-bond donors (Lipinski definition) is 1. The summed E-state index contributed by atoms with van der Waals surface area (Å²) in [5.41, 5.74) is 1.38. The molecule has 0 saturated carbocycles. The zero-order valence-electron chi connectivity index (χ0n) is 13.7. The van der Waals surface area contributed by atoms with Crippen molar-refractivity contribution in [2.24, 2.45) is 0 Å². The molecule has 0 aliphatic carbocycles. The lowest BCUT2D eigenvalue weighted by Gasteiger charge is -2.34. The highest BCUT2D eigenvalue weighted by Gasteiger charge is 2.28. The van der Waals surface area contributed by atoms with E-state index in [0.717, 1.165) is 45.3 Å². The Bertz CT molecular complexity index is 566. The van der Waals surface area contributed by atoms with Crippen LogP contribution in [0, 0.1) is 0 Å². The molecular formula is C17H25N3O2S. The van der Waals surface area contributed by atoms with Gasteiger partial charge in [0.05, 0.1) is 13.1 Å². The minimum Gasteiger partial charge on any atom is -0.346 e. The molecule has 1 saturated heterocycles. The molecule has 0 bridgehead atoms. The van der Waals surface area contributed by atoms with Crippen LogP contribution in [0.2, 0.25) is 0 Å². The van der Waals surface area contributed by atoms with Crippen LogP contribution in [0.15, 0.2) is 11.4 Å². The van der Waals surface area contributed by atoms with Crippen molar-refractivity contribution in [2.45, 2.75) is 38.6 Å². The highest BCUT2D eigenvalue weighted by Crippen LogP contribution is 2.34. The van der Waals surface area contributed by atoms with Gasteiger partial charge >= 0.3 is 0 Å². The number of fused-ring (bicyclic) bond motifs is 1. The topological polar surface area (TPSA) is 52.7 Å². The number of thiophene rings is 1. The van der Waals surface area contributed by atoms with Gasteiger partial charge in [0.1, 0.15) is 0 Å². The Hall–Kier alpha value is -1.40. The van der Waals surface area contributed by atoms with Gasteiger partial charge in [-0.2, -0.15) is 0 Å². The largest absolute Gasteiger partial charge is 0.346 e. The van der Waals surface area contributed by atoms with Crippen molar-refractivity contribution < 1.29 is 9.59 Å². The minimum atomic E-state index is -0.0466. The Morgan fingerprint density at radius 2 is 2.09 bits per heavy atom. The summed E-state index contributed by atoms with van der Waals surface area (Å²) in [4.78, 5) is 29.7. The first-order valence-corrected chi connectivity index (χ1v) is 9.41. The van der Waals surface area contributed by atoms with Crippen molar-refractivity contribution in [1.29, 1.82) is 0 Å². The number of amides is 2. The molecule has 2 amide bonds. The third kappa shape index (κ3) is 3.75. The Balaban J connectivity index is 1.50. The van der Waals surface area contributed by atoms with Crippen LogP contribution in [-0.4, -0.2) is 54.3 Å². The van der Waals surface area contributed by atoms with Crippen molar-refractivity contribution >= 4 is 23.2 Å². The molecule has 0 radical (unpaired) electrons. The molecule has 3 heterocycles. The molecule has 23 heavy (non-hydrogen) atoms. The van der Waals surface area contributed by atoms with E-state index >= 15 is 0 Å². The summed E-state index contributed by atoms with van der Waals surface area (Å²) in [7, 11) is 0. The van der Waals surface area contributed by atoms with Crippen molar-refractivity contribution in [2.75, 3.05) is 32.7 Å². The van der Waals surface area contributed by atoms with E-state index in [1.165, 1.54) is 10.4 Å². The Morgan fingerprint density at radius 3 is 2.83 bits per heavy atom. The summed E-state index contributed by atoms with van der Waals surface area (Å²) in [6, 6.07) is 2.51. The number of nitrogens with zero attached hydrogens (tertiary/aromatic N) is 2. The maximum absolute atomic E-state index is 12.2. The van der Waals surface area contributed by atoms with Gasteiger partial charge in [-0.3, -0.25) is 14.5 Å². The van der Waals surface area contributed by atoms with E-state index in [2.05, 4.69) is 28.6 Å². The molecule has 1 aromatic rings. The Kier molecular flexibility index (Phi) is 5.33. The first kappa shape index (κ1) is 16.5. The maximum Gasteiger partial charge on any atom is 0.241 e. The molecule has 1 fully saturated rings. The van der Waals surface area contributed by atoms with Crippen LogP contribution in [-0.2, 0) is 16.0 Å². The molecule has 5 nitrogen and oxygen atoms in total. The van der Waals surface area contributed by atoms with Gasteiger partial charge in [0.25, 0.3) is 0 Å². The van der Waals surface area contributed by atoms with Gasteiger partial charge in [-0.25, -0.2) is 0 Å². The van der Waals surface area contributed by atoms with Gasteiger partial charge in [0.2, 0.25) is 11.8 Å². The number of likely N-dealkylation sites (tertiary alicyclic amines) is 1. The van der Waals surface area contributed by atoms with Crippen molar-refractivity contribution in [3.05, 3.63) is 21.9 Å². The minimum absolute atomic E-state index is 0.0432. The molecular weight excluding hydrogens is 310 g/mol. The van der Waals surface area contributed by atoms with Crippen LogP contribution >= 0.6 is 11.3 Å². The fourth-order valence-electron chi connectivity index (χ4n) is 3.61. The summed E-state index contributed by atoms with van der Waals surface area (Å²) >= 11 is 1.82. The molecule has 3 rings (SSSR count). The SMILES string of the molecule is CCC1c2ccsc2CCN1CC(=O)NCC(=O)N1CCCC1. The fourth-order valence-corrected chi connectivity index (χ4v) is 4.54. The number of carbonyl (C=O) groups excluding carboxylic acids is 2.